The van der Waals surface area contributed by atoms with Crippen LogP contribution in [0.4, 0.5) is 10.1 Å². The standard InChI is InChI=1S/C21H18FN5O4S/c1-14-24-20(27-10-9-23-13-27)12-21(25-14)31-16-5-3-15(4-6-16)26-32(28,29)17-7-8-19(30-2)18(22)11-17/h3-13,26H,1-2H3. The second-order valence-corrected chi connectivity index (χ2v) is 8.29. The van der Waals surface area contributed by atoms with Crippen LogP contribution >= 0.6 is 0 Å². The van der Waals surface area contributed by atoms with E-state index in [1.165, 1.54) is 31.4 Å². The number of hydrogen-bond acceptors (Lipinski definition) is 7. The van der Waals surface area contributed by atoms with Gasteiger partial charge in [0, 0.05) is 24.1 Å². The van der Waals surface area contributed by atoms with Crippen LogP contribution in [0.2, 0.25) is 0 Å². The minimum atomic E-state index is -3.98. The van der Waals surface area contributed by atoms with Gasteiger partial charge in [-0.2, -0.15) is 4.98 Å². The van der Waals surface area contributed by atoms with Gasteiger partial charge in [-0.15, -0.1) is 0 Å². The number of ether oxygens (including phenoxy) is 2. The zero-order chi connectivity index (χ0) is 22.7. The summed E-state index contributed by atoms with van der Waals surface area (Å²) >= 11 is 0. The molecule has 32 heavy (non-hydrogen) atoms. The number of anilines is 1. The summed E-state index contributed by atoms with van der Waals surface area (Å²) in [4.78, 5) is 12.4. The van der Waals surface area contributed by atoms with Gasteiger partial charge in [0.1, 0.15) is 23.7 Å². The molecule has 0 aliphatic carbocycles. The molecule has 0 atom stereocenters. The maximum Gasteiger partial charge on any atom is 0.262 e. The lowest BCUT2D eigenvalue weighted by Crippen LogP contribution is -2.13. The predicted molar refractivity (Wildman–Crippen MR) is 114 cm³/mol. The monoisotopic (exact) mass is 455 g/mol. The van der Waals surface area contributed by atoms with Gasteiger partial charge in [-0.05, 0) is 49.4 Å². The van der Waals surface area contributed by atoms with Crippen molar-refractivity contribution in [1.29, 1.82) is 0 Å². The van der Waals surface area contributed by atoms with E-state index in [2.05, 4.69) is 19.7 Å². The van der Waals surface area contributed by atoms with Gasteiger partial charge >= 0.3 is 0 Å². The lowest BCUT2D eigenvalue weighted by Gasteiger charge is -2.11. The number of nitrogens with zero attached hydrogens (tertiary/aromatic N) is 4. The van der Waals surface area contributed by atoms with Crippen molar-refractivity contribution >= 4 is 15.7 Å². The lowest BCUT2D eigenvalue weighted by atomic mass is 10.3. The fourth-order valence-corrected chi connectivity index (χ4v) is 3.91. The highest BCUT2D eigenvalue weighted by Crippen LogP contribution is 2.26. The molecule has 2 aromatic carbocycles. The van der Waals surface area contributed by atoms with Crippen molar-refractivity contribution in [2.75, 3.05) is 11.8 Å². The van der Waals surface area contributed by atoms with Crippen LogP contribution in [0.25, 0.3) is 5.82 Å². The summed E-state index contributed by atoms with van der Waals surface area (Å²) in [7, 11) is -2.68. The van der Waals surface area contributed by atoms with Crippen molar-refractivity contribution in [3.63, 3.8) is 0 Å². The minimum absolute atomic E-state index is 0.0402. The van der Waals surface area contributed by atoms with Crippen LogP contribution in [-0.2, 0) is 10.0 Å². The molecule has 1 N–H and O–H groups in total. The van der Waals surface area contributed by atoms with Gasteiger partial charge < -0.3 is 9.47 Å². The second-order valence-electron chi connectivity index (χ2n) is 6.61. The Labute approximate surface area is 183 Å². The van der Waals surface area contributed by atoms with Gasteiger partial charge in [0.15, 0.2) is 11.6 Å². The van der Waals surface area contributed by atoms with Crippen molar-refractivity contribution in [3.05, 3.63) is 78.9 Å². The molecule has 0 aliphatic rings. The zero-order valence-corrected chi connectivity index (χ0v) is 17.9. The average Bonchev–Trinajstić information content (AvgIpc) is 3.29. The highest BCUT2D eigenvalue weighted by molar-refractivity contribution is 7.92. The second kappa shape index (κ2) is 8.63. The SMILES string of the molecule is COc1ccc(S(=O)(=O)Nc2ccc(Oc3cc(-n4ccnc4)nc(C)n3)cc2)cc1F. The van der Waals surface area contributed by atoms with Gasteiger partial charge in [-0.1, -0.05) is 0 Å². The molecule has 2 aromatic heterocycles. The van der Waals surface area contributed by atoms with E-state index in [-0.39, 0.29) is 16.3 Å². The molecule has 0 amide bonds. The zero-order valence-electron chi connectivity index (χ0n) is 17.1. The Hall–Kier alpha value is -3.99. The quantitative estimate of drug-likeness (QED) is 0.452. The molecule has 0 radical (unpaired) electrons. The topological polar surface area (TPSA) is 108 Å². The number of hydrogen-bond donors (Lipinski definition) is 1. The number of halogens is 1. The minimum Gasteiger partial charge on any atom is -0.494 e. The summed E-state index contributed by atoms with van der Waals surface area (Å²) in [6, 6.07) is 11.3. The maximum absolute atomic E-state index is 13.9. The van der Waals surface area contributed by atoms with Gasteiger partial charge in [-0.25, -0.2) is 22.8 Å². The molecule has 2 heterocycles. The summed E-state index contributed by atoms with van der Waals surface area (Å²) in [6.07, 6.45) is 5.00. The van der Waals surface area contributed by atoms with E-state index < -0.39 is 15.8 Å². The Kier molecular flexibility index (Phi) is 5.73. The molecule has 4 aromatic rings. The largest absolute Gasteiger partial charge is 0.494 e. The molecule has 0 spiro atoms. The van der Waals surface area contributed by atoms with Gasteiger partial charge in [-0.3, -0.25) is 9.29 Å². The Morgan fingerprint density at radius 1 is 1.06 bits per heavy atom. The van der Waals surface area contributed by atoms with E-state index in [1.54, 1.807) is 48.4 Å². The summed E-state index contributed by atoms with van der Waals surface area (Å²) in [5.41, 5.74) is 0.284. The number of benzene rings is 2. The fraction of sp³-hybridized carbons (Fsp3) is 0.0952. The Balaban J connectivity index is 1.50. The van der Waals surface area contributed by atoms with Crippen LogP contribution in [0.15, 0.2) is 72.1 Å². The van der Waals surface area contributed by atoms with E-state index >= 15 is 0 Å². The number of aromatic nitrogens is 4. The van der Waals surface area contributed by atoms with Crippen LogP contribution in [0.5, 0.6) is 17.4 Å². The first-order valence-electron chi connectivity index (χ1n) is 9.32. The number of nitrogens with one attached hydrogen (secondary N) is 1. The molecule has 11 heteroatoms. The van der Waals surface area contributed by atoms with Crippen LogP contribution in [-0.4, -0.2) is 35.0 Å². The molecule has 4 rings (SSSR count). The third-order valence-corrected chi connectivity index (χ3v) is 5.71. The molecule has 9 nitrogen and oxygen atoms in total. The fourth-order valence-electron chi connectivity index (χ4n) is 2.84. The highest BCUT2D eigenvalue weighted by Gasteiger charge is 2.17. The lowest BCUT2D eigenvalue weighted by molar-refractivity contribution is 0.385. The van der Waals surface area contributed by atoms with E-state index in [4.69, 9.17) is 9.47 Å². The molecular formula is C21H18FN5O4S. The first-order valence-corrected chi connectivity index (χ1v) is 10.8. The third-order valence-electron chi connectivity index (χ3n) is 4.33. The van der Waals surface area contributed by atoms with Gasteiger partial charge in [0.2, 0.25) is 5.88 Å². The van der Waals surface area contributed by atoms with Gasteiger partial charge in [0.05, 0.1) is 12.0 Å². The summed E-state index contributed by atoms with van der Waals surface area (Å²) < 4.78 is 53.7. The Bertz CT molecular complexity index is 1340. The van der Waals surface area contributed by atoms with E-state index in [1.807, 2.05) is 0 Å². The normalized spacial score (nSPS) is 11.2. The Morgan fingerprint density at radius 2 is 1.84 bits per heavy atom. The van der Waals surface area contributed by atoms with E-state index in [0.717, 1.165) is 6.07 Å². The molecule has 0 unspecified atom stereocenters. The maximum atomic E-state index is 13.9. The number of rotatable bonds is 7. The first-order chi connectivity index (χ1) is 15.3. The van der Waals surface area contributed by atoms with Crippen molar-refractivity contribution in [2.24, 2.45) is 0 Å². The van der Waals surface area contributed by atoms with Crippen LogP contribution in [0, 0.1) is 12.7 Å². The van der Waals surface area contributed by atoms with Crippen molar-refractivity contribution in [3.8, 4) is 23.2 Å². The first kappa shape index (κ1) is 21.2. The highest BCUT2D eigenvalue weighted by atomic mass is 32.2. The summed E-state index contributed by atoms with van der Waals surface area (Å²) in [6.45, 7) is 1.74. The predicted octanol–water partition coefficient (Wildman–Crippen LogP) is 3.71. The third kappa shape index (κ3) is 4.67. The molecule has 0 aliphatic heterocycles. The van der Waals surface area contributed by atoms with Gasteiger partial charge in [0.25, 0.3) is 10.0 Å². The van der Waals surface area contributed by atoms with E-state index in [9.17, 15) is 12.8 Å². The van der Waals surface area contributed by atoms with Crippen molar-refractivity contribution in [2.45, 2.75) is 11.8 Å². The summed E-state index contributed by atoms with van der Waals surface area (Å²) in [5, 5.41) is 0. The average molecular weight is 455 g/mol. The number of sulfonamides is 1. The van der Waals surface area contributed by atoms with Crippen molar-refractivity contribution in [1.82, 2.24) is 19.5 Å². The molecule has 0 saturated heterocycles. The molecule has 164 valence electrons. The van der Waals surface area contributed by atoms with E-state index in [0.29, 0.717) is 23.3 Å². The van der Waals surface area contributed by atoms with Crippen LogP contribution < -0.4 is 14.2 Å². The van der Waals surface area contributed by atoms with Crippen LogP contribution in [0.3, 0.4) is 0 Å². The molecular weight excluding hydrogens is 437 g/mol. The number of methoxy groups -OCH3 is 1. The smallest absolute Gasteiger partial charge is 0.262 e. The summed E-state index contributed by atoms with van der Waals surface area (Å²) in [5.74, 6) is 1.07. The van der Waals surface area contributed by atoms with Crippen LogP contribution in [0.1, 0.15) is 5.82 Å². The number of aryl methyl sites for hydroxylation is 1. The molecule has 0 fully saturated rings. The molecule has 0 saturated carbocycles. The Morgan fingerprint density at radius 3 is 2.50 bits per heavy atom. The molecule has 0 bridgehead atoms. The number of imidazole rings is 1. The van der Waals surface area contributed by atoms with Crippen molar-refractivity contribution < 1.29 is 22.3 Å².